The highest BCUT2D eigenvalue weighted by Gasteiger charge is 2.19. The molecule has 1 heterocycles. The Bertz CT molecular complexity index is 476. The summed E-state index contributed by atoms with van der Waals surface area (Å²) in [6, 6.07) is 5.28. The lowest BCUT2D eigenvalue weighted by molar-refractivity contribution is 0.0526. The molecule has 1 atom stereocenters. The van der Waals surface area contributed by atoms with Gasteiger partial charge in [0.05, 0.1) is 29.6 Å². The van der Waals surface area contributed by atoms with Crippen molar-refractivity contribution >= 4 is 17.3 Å². The summed E-state index contributed by atoms with van der Waals surface area (Å²) in [6.07, 6.45) is 1.11. The van der Waals surface area contributed by atoms with Gasteiger partial charge in [-0.2, -0.15) is 0 Å². The normalized spacial score (nSPS) is 19.5. The van der Waals surface area contributed by atoms with Crippen LogP contribution in [-0.4, -0.2) is 38.4 Å². The van der Waals surface area contributed by atoms with E-state index in [2.05, 4.69) is 4.90 Å². The Hall–Kier alpha value is -1.75. The predicted molar refractivity (Wildman–Crippen MR) is 79.1 cm³/mol. The smallest absolute Gasteiger partial charge is 0.338 e. The predicted octanol–water partition coefficient (Wildman–Crippen LogP) is 2.06. The Morgan fingerprint density at radius 2 is 2.35 bits per heavy atom. The number of nitrogen functional groups attached to an aromatic ring is 1. The van der Waals surface area contributed by atoms with E-state index in [1.54, 1.807) is 19.1 Å². The minimum absolute atomic E-state index is 0.156. The third-order valence-corrected chi connectivity index (χ3v) is 3.33. The zero-order valence-corrected chi connectivity index (χ0v) is 12.1. The lowest BCUT2D eigenvalue weighted by Gasteiger charge is -2.26. The molecule has 2 N–H and O–H groups in total. The molecule has 5 nitrogen and oxygen atoms in total. The van der Waals surface area contributed by atoms with Crippen LogP contribution in [0.25, 0.3) is 0 Å². The molecule has 1 aliphatic rings. The fraction of sp³-hybridized carbons (Fsp3) is 0.533. The van der Waals surface area contributed by atoms with E-state index in [1.165, 1.54) is 0 Å². The van der Waals surface area contributed by atoms with Gasteiger partial charge >= 0.3 is 5.97 Å². The number of ether oxygens (including phenoxy) is 2. The summed E-state index contributed by atoms with van der Waals surface area (Å²) >= 11 is 0. The van der Waals surface area contributed by atoms with Gasteiger partial charge in [-0.05, 0) is 38.5 Å². The summed E-state index contributed by atoms with van der Waals surface area (Å²) in [5.41, 5.74) is 8.15. The van der Waals surface area contributed by atoms with Gasteiger partial charge < -0.3 is 20.1 Å². The molecule has 20 heavy (non-hydrogen) atoms. The van der Waals surface area contributed by atoms with Crippen molar-refractivity contribution in [3.05, 3.63) is 23.8 Å². The molecular weight excluding hydrogens is 256 g/mol. The first kappa shape index (κ1) is 14.7. The van der Waals surface area contributed by atoms with Gasteiger partial charge in [-0.25, -0.2) is 4.79 Å². The third-order valence-electron chi connectivity index (χ3n) is 3.33. The molecule has 1 fully saturated rings. The van der Waals surface area contributed by atoms with E-state index in [9.17, 15) is 4.79 Å². The summed E-state index contributed by atoms with van der Waals surface area (Å²) < 4.78 is 10.7. The van der Waals surface area contributed by atoms with Gasteiger partial charge in [0.1, 0.15) is 0 Å². The standard InChI is InChI=1S/C15H22N2O3/c1-3-19-15(18)12-5-6-13(16)14(9-12)17-7-4-8-20-11(2)10-17/h5-6,9,11H,3-4,7-8,10,16H2,1-2H3. The minimum atomic E-state index is -0.312. The maximum Gasteiger partial charge on any atom is 0.338 e. The molecule has 1 aliphatic heterocycles. The molecule has 0 saturated carbocycles. The van der Waals surface area contributed by atoms with Gasteiger partial charge in [0.2, 0.25) is 0 Å². The van der Waals surface area contributed by atoms with Crippen LogP contribution in [0.5, 0.6) is 0 Å². The maximum absolute atomic E-state index is 11.8. The maximum atomic E-state index is 11.8. The molecule has 110 valence electrons. The second-order valence-electron chi connectivity index (χ2n) is 4.98. The number of hydrogen-bond acceptors (Lipinski definition) is 5. The molecule has 0 spiro atoms. The number of hydrogen-bond donors (Lipinski definition) is 1. The fourth-order valence-corrected chi connectivity index (χ4v) is 2.37. The summed E-state index contributed by atoms with van der Waals surface area (Å²) in [7, 11) is 0. The highest BCUT2D eigenvalue weighted by atomic mass is 16.5. The van der Waals surface area contributed by atoms with Crippen LogP contribution < -0.4 is 10.6 Å². The molecule has 0 amide bonds. The van der Waals surface area contributed by atoms with Gasteiger partial charge in [0.15, 0.2) is 0 Å². The largest absolute Gasteiger partial charge is 0.462 e. The van der Waals surface area contributed by atoms with E-state index < -0.39 is 0 Å². The topological polar surface area (TPSA) is 64.8 Å². The SMILES string of the molecule is CCOC(=O)c1ccc(N)c(N2CCCOC(C)C2)c1. The lowest BCUT2D eigenvalue weighted by Crippen LogP contribution is -2.30. The first-order chi connectivity index (χ1) is 9.61. The van der Waals surface area contributed by atoms with Crippen LogP contribution in [0, 0.1) is 0 Å². The summed E-state index contributed by atoms with van der Waals surface area (Å²) in [5.74, 6) is -0.312. The van der Waals surface area contributed by atoms with Gasteiger partial charge in [-0.1, -0.05) is 0 Å². The first-order valence-electron chi connectivity index (χ1n) is 7.05. The first-order valence-corrected chi connectivity index (χ1v) is 7.05. The second kappa shape index (κ2) is 6.61. The Morgan fingerprint density at radius 1 is 1.55 bits per heavy atom. The number of nitrogens with zero attached hydrogens (tertiary/aromatic N) is 1. The molecule has 1 saturated heterocycles. The summed E-state index contributed by atoms with van der Waals surface area (Å²) in [4.78, 5) is 14.0. The Morgan fingerprint density at radius 3 is 3.10 bits per heavy atom. The molecule has 0 aromatic heterocycles. The number of nitrogens with two attached hydrogens (primary N) is 1. The molecule has 5 heteroatoms. The average molecular weight is 278 g/mol. The molecule has 0 radical (unpaired) electrons. The van der Waals surface area contributed by atoms with Crippen molar-refractivity contribution in [2.75, 3.05) is 36.9 Å². The van der Waals surface area contributed by atoms with Crippen LogP contribution in [0.15, 0.2) is 18.2 Å². The molecule has 0 aliphatic carbocycles. The molecule has 2 rings (SSSR count). The van der Waals surface area contributed by atoms with Crippen molar-refractivity contribution in [1.29, 1.82) is 0 Å². The van der Waals surface area contributed by atoms with Crippen LogP contribution in [0.3, 0.4) is 0 Å². The highest BCUT2D eigenvalue weighted by Crippen LogP contribution is 2.26. The van der Waals surface area contributed by atoms with Crippen molar-refractivity contribution in [1.82, 2.24) is 0 Å². The van der Waals surface area contributed by atoms with Crippen molar-refractivity contribution in [2.24, 2.45) is 0 Å². The van der Waals surface area contributed by atoms with Gasteiger partial charge in [-0.3, -0.25) is 0 Å². The molecule has 0 bridgehead atoms. The average Bonchev–Trinajstić information content (AvgIpc) is 2.64. The Kier molecular flexibility index (Phi) is 4.84. The number of rotatable bonds is 3. The van der Waals surface area contributed by atoms with Crippen LogP contribution >= 0.6 is 0 Å². The fourth-order valence-electron chi connectivity index (χ4n) is 2.37. The number of benzene rings is 1. The zero-order valence-electron chi connectivity index (χ0n) is 12.1. The highest BCUT2D eigenvalue weighted by molar-refractivity contribution is 5.92. The van der Waals surface area contributed by atoms with Gasteiger partial charge in [0, 0.05) is 19.7 Å². The van der Waals surface area contributed by atoms with E-state index in [4.69, 9.17) is 15.2 Å². The number of carbonyl (C=O) groups is 1. The number of esters is 1. The van der Waals surface area contributed by atoms with Crippen LogP contribution in [0.2, 0.25) is 0 Å². The van der Waals surface area contributed by atoms with Crippen LogP contribution in [0.1, 0.15) is 30.6 Å². The van der Waals surface area contributed by atoms with E-state index in [1.807, 2.05) is 13.0 Å². The van der Waals surface area contributed by atoms with Crippen molar-refractivity contribution in [3.63, 3.8) is 0 Å². The summed E-state index contributed by atoms with van der Waals surface area (Å²) in [6.45, 7) is 6.62. The Balaban J connectivity index is 2.25. The van der Waals surface area contributed by atoms with E-state index in [0.29, 0.717) is 17.9 Å². The number of carbonyl (C=O) groups excluding carboxylic acids is 1. The van der Waals surface area contributed by atoms with E-state index in [-0.39, 0.29) is 12.1 Å². The monoisotopic (exact) mass is 278 g/mol. The number of anilines is 2. The van der Waals surface area contributed by atoms with Gasteiger partial charge in [0.25, 0.3) is 0 Å². The minimum Gasteiger partial charge on any atom is -0.462 e. The summed E-state index contributed by atoms with van der Waals surface area (Å²) in [5, 5.41) is 0. The second-order valence-corrected chi connectivity index (χ2v) is 4.98. The van der Waals surface area contributed by atoms with E-state index in [0.717, 1.165) is 31.8 Å². The molecule has 1 unspecified atom stereocenters. The van der Waals surface area contributed by atoms with Crippen molar-refractivity contribution in [3.8, 4) is 0 Å². The van der Waals surface area contributed by atoms with E-state index >= 15 is 0 Å². The van der Waals surface area contributed by atoms with Crippen LogP contribution in [-0.2, 0) is 9.47 Å². The van der Waals surface area contributed by atoms with Crippen molar-refractivity contribution in [2.45, 2.75) is 26.4 Å². The van der Waals surface area contributed by atoms with Gasteiger partial charge in [-0.15, -0.1) is 0 Å². The zero-order chi connectivity index (χ0) is 14.5. The molecule has 1 aromatic rings. The lowest BCUT2D eigenvalue weighted by atomic mass is 10.1. The Labute approximate surface area is 119 Å². The van der Waals surface area contributed by atoms with Crippen molar-refractivity contribution < 1.29 is 14.3 Å². The molecule has 1 aromatic carbocycles. The quantitative estimate of drug-likeness (QED) is 0.677. The third kappa shape index (κ3) is 3.42. The molecular formula is C15H22N2O3. The van der Waals surface area contributed by atoms with Crippen LogP contribution in [0.4, 0.5) is 11.4 Å².